The molecule has 1 aromatic rings. The molecule has 2 heterocycles. The van der Waals surface area contributed by atoms with Gasteiger partial charge in [0, 0.05) is 30.9 Å². The minimum absolute atomic E-state index is 0.175. The molecule has 0 aromatic carbocycles. The van der Waals surface area contributed by atoms with Crippen LogP contribution in [0.15, 0.2) is 24.5 Å². The van der Waals surface area contributed by atoms with Crippen molar-refractivity contribution in [2.45, 2.75) is 51.2 Å². The van der Waals surface area contributed by atoms with Gasteiger partial charge in [-0.25, -0.2) is 0 Å². The van der Waals surface area contributed by atoms with E-state index in [-0.39, 0.29) is 17.6 Å². The molecule has 0 bridgehead atoms. The number of hydrogen-bond acceptors (Lipinski definition) is 3. The van der Waals surface area contributed by atoms with Crippen LogP contribution in [0.2, 0.25) is 0 Å². The van der Waals surface area contributed by atoms with Gasteiger partial charge >= 0.3 is 0 Å². The summed E-state index contributed by atoms with van der Waals surface area (Å²) in [6.07, 6.45) is 5.83. The molecule has 1 aliphatic rings. The summed E-state index contributed by atoms with van der Waals surface area (Å²) in [6.45, 7) is 4.71. The molecule has 4 nitrogen and oxygen atoms in total. The Kier molecular flexibility index (Phi) is 4.20. The van der Waals surface area contributed by atoms with Gasteiger partial charge in [-0.1, -0.05) is 0 Å². The SMILES string of the molecule is CC1(C)CC(O)CCN1C(=O)CCc1ccncc1. The van der Waals surface area contributed by atoms with Crippen LogP contribution in [0.4, 0.5) is 0 Å². The summed E-state index contributed by atoms with van der Waals surface area (Å²) in [7, 11) is 0. The smallest absolute Gasteiger partial charge is 0.223 e. The molecule has 2 rings (SSSR count). The average Bonchev–Trinajstić information content (AvgIpc) is 2.36. The van der Waals surface area contributed by atoms with Crippen molar-refractivity contribution in [3.8, 4) is 0 Å². The van der Waals surface area contributed by atoms with Crippen molar-refractivity contribution in [3.63, 3.8) is 0 Å². The second-order valence-electron chi connectivity index (χ2n) is 5.86. The number of aryl methyl sites for hydroxylation is 1. The molecule has 1 aliphatic heterocycles. The van der Waals surface area contributed by atoms with Crippen molar-refractivity contribution in [3.05, 3.63) is 30.1 Å². The fourth-order valence-corrected chi connectivity index (χ4v) is 2.77. The molecule has 0 spiro atoms. The van der Waals surface area contributed by atoms with Gasteiger partial charge in [0.2, 0.25) is 5.91 Å². The zero-order chi connectivity index (χ0) is 13.9. The number of carbonyl (C=O) groups is 1. The van der Waals surface area contributed by atoms with Crippen LogP contribution >= 0.6 is 0 Å². The molecule has 1 N–H and O–H groups in total. The lowest BCUT2D eigenvalue weighted by Gasteiger charge is -2.44. The second-order valence-corrected chi connectivity index (χ2v) is 5.86. The number of likely N-dealkylation sites (tertiary alicyclic amines) is 1. The molecular weight excluding hydrogens is 240 g/mol. The largest absolute Gasteiger partial charge is 0.393 e. The zero-order valence-corrected chi connectivity index (χ0v) is 11.7. The number of hydrogen-bond donors (Lipinski definition) is 1. The van der Waals surface area contributed by atoms with Gasteiger partial charge in [-0.15, -0.1) is 0 Å². The average molecular weight is 262 g/mol. The highest BCUT2D eigenvalue weighted by atomic mass is 16.3. The van der Waals surface area contributed by atoms with Crippen LogP contribution in [0.25, 0.3) is 0 Å². The minimum atomic E-state index is -0.278. The van der Waals surface area contributed by atoms with Crippen molar-refractivity contribution in [1.82, 2.24) is 9.88 Å². The lowest BCUT2D eigenvalue weighted by molar-refractivity contribution is -0.141. The number of aliphatic hydroxyl groups excluding tert-OH is 1. The van der Waals surface area contributed by atoms with Crippen molar-refractivity contribution >= 4 is 5.91 Å². The molecule has 1 unspecified atom stereocenters. The van der Waals surface area contributed by atoms with E-state index in [1.807, 2.05) is 30.9 Å². The highest BCUT2D eigenvalue weighted by Crippen LogP contribution is 2.28. The Morgan fingerprint density at radius 1 is 1.47 bits per heavy atom. The fraction of sp³-hybridized carbons (Fsp3) is 0.600. The summed E-state index contributed by atoms with van der Waals surface area (Å²) in [5.74, 6) is 0.175. The summed E-state index contributed by atoms with van der Waals surface area (Å²) < 4.78 is 0. The van der Waals surface area contributed by atoms with Gasteiger partial charge in [0.25, 0.3) is 0 Å². The number of aromatic nitrogens is 1. The van der Waals surface area contributed by atoms with Gasteiger partial charge in [0.05, 0.1) is 6.10 Å². The van der Waals surface area contributed by atoms with Crippen molar-refractivity contribution in [2.75, 3.05) is 6.54 Å². The van der Waals surface area contributed by atoms with Gasteiger partial charge in [-0.05, 0) is 50.8 Å². The quantitative estimate of drug-likeness (QED) is 0.903. The Labute approximate surface area is 114 Å². The van der Waals surface area contributed by atoms with Crippen LogP contribution in [0.1, 0.15) is 38.7 Å². The zero-order valence-electron chi connectivity index (χ0n) is 11.7. The maximum atomic E-state index is 12.3. The maximum Gasteiger partial charge on any atom is 0.223 e. The van der Waals surface area contributed by atoms with Gasteiger partial charge in [0.1, 0.15) is 0 Å². The lowest BCUT2D eigenvalue weighted by Crippen LogP contribution is -2.54. The van der Waals surface area contributed by atoms with Crippen LogP contribution in [0.3, 0.4) is 0 Å². The first-order valence-electron chi connectivity index (χ1n) is 6.86. The monoisotopic (exact) mass is 262 g/mol. The molecular formula is C15H22N2O2. The Hall–Kier alpha value is -1.42. The molecule has 1 saturated heterocycles. The second kappa shape index (κ2) is 5.70. The van der Waals surface area contributed by atoms with E-state index in [1.165, 1.54) is 0 Å². The van der Waals surface area contributed by atoms with E-state index in [0.29, 0.717) is 25.8 Å². The predicted octanol–water partition coefficient (Wildman–Crippen LogP) is 1.78. The Morgan fingerprint density at radius 2 is 2.16 bits per heavy atom. The first-order chi connectivity index (χ1) is 8.99. The normalized spacial score (nSPS) is 22.3. The van der Waals surface area contributed by atoms with Crippen molar-refractivity contribution in [1.29, 1.82) is 0 Å². The van der Waals surface area contributed by atoms with Gasteiger partial charge in [0.15, 0.2) is 0 Å². The highest BCUT2D eigenvalue weighted by molar-refractivity contribution is 5.77. The van der Waals surface area contributed by atoms with Crippen LogP contribution in [-0.2, 0) is 11.2 Å². The molecule has 4 heteroatoms. The van der Waals surface area contributed by atoms with Crippen molar-refractivity contribution < 1.29 is 9.90 Å². The summed E-state index contributed by atoms with van der Waals surface area (Å²) in [5.41, 5.74) is 0.894. The Morgan fingerprint density at radius 3 is 2.79 bits per heavy atom. The van der Waals surface area contributed by atoms with E-state index in [0.717, 1.165) is 12.0 Å². The number of nitrogens with zero attached hydrogens (tertiary/aromatic N) is 2. The third-order valence-corrected chi connectivity index (χ3v) is 3.83. The van der Waals surface area contributed by atoms with E-state index < -0.39 is 0 Å². The highest BCUT2D eigenvalue weighted by Gasteiger charge is 2.36. The van der Waals surface area contributed by atoms with E-state index in [1.54, 1.807) is 12.4 Å². The third kappa shape index (κ3) is 3.53. The van der Waals surface area contributed by atoms with Crippen LogP contribution in [-0.4, -0.2) is 39.1 Å². The van der Waals surface area contributed by atoms with Crippen LogP contribution in [0, 0.1) is 0 Å². The first-order valence-corrected chi connectivity index (χ1v) is 6.86. The number of carbonyl (C=O) groups excluding carboxylic acids is 1. The Balaban J connectivity index is 1.93. The third-order valence-electron chi connectivity index (χ3n) is 3.83. The maximum absolute atomic E-state index is 12.3. The topological polar surface area (TPSA) is 53.4 Å². The molecule has 0 aliphatic carbocycles. The summed E-state index contributed by atoms with van der Waals surface area (Å²) >= 11 is 0. The number of aliphatic hydroxyl groups is 1. The molecule has 1 amide bonds. The summed E-state index contributed by atoms with van der Waals surface area (Å²) in [6, 6.07) is 3.89. The summed E-state index contributed by atoms with van der Waals surface area (Å²) in [4.78, 5) is 18.2. The lowest BCUT2D eigenvalue weighted by atomic mass is 9.88. The number of piperidine rings is 1. The van der Waals surface area contributed by atoms with Crippen LogP contribution < -0.4 is 0 Å². The standard InChI is InChI=1S/C15H22N2O2/c1-15(2)11-13(18)7-10-17(15)14(19)4-3-12-5-8-16-9-6-12/h5-6,8-9,13,18H,3-4,7,10-11H2,1-2H3. The van der Waals surface area contributed by atoms with E-state index in [2.05, 4.69) is 4.98 Å². The summed E-state index contributed by atoms with van der Waals surface area (Å²) in [5, 5.41) is 9.71. The van der Waals surface area contributed by atoms with E-state index in [4.69, 9.17) is 0 Å². The fourth-order valence-electron chi connectivity index (χ4n) is 2.77. The van der Waals surface area contributed by atoms with Gasteiger partial charge in [-0.2, -0.15) is 0 Å². The van der Waals surface area contributed by atoms with Crippen molar-refractivity contribution in [2.24, 2.45) is 0 Å². The van der Waals surface area contributed by atoms with E-state index >= 15 is 0 Å². The first kappa shape index (κ1) is 14.0. The van der Waals surface area contributed by atoms with Gasteiger partial charge in [-0.3, -0.25) is 9.78 Å². The predicted molar refractivity (Wildman–Crippen MR) is 73.6 cm³/mol. The molecule has 19 heavy (non-hydrogen) atoms. The van der Waals surface area contributed by atoms with E-state index in [9.17, 15) is 9.90 Å². The number of rotatable bonds is 3. The molecule has 104 valence electrons. The molecule has 1 fully saturated rings. The molecule has 1 atom stereocenters. The molecule has 0 saturated carbocycles. The molecule has 1 aromatic heterocycles. The Bertz CT molecular complexity index is 431. The minimum Gasteiger partial charge on any atom is -0.393 e. The number of amides is 1. The molecule has 0 radical (unpaired) electrons. The number of pyridine rings is 1. The van der Waals surface area contributed by atoms with Crippen LogP contribution in [0.5, 0.6) is 0 Å². The van der Waals surface area contributed by atoms with Gasteiger partial charge < -0.3 is 10.0 Å².